The molecule has 0 aromatic heterocycles. The van der Waals surface area contributed by atoms with E-state index in [0.717, 1.165) is 5.56 Å². The average Bonchev–Trinajstić information content (AvgIpc) is 2.70. The summed E-state index contributed by atoms with van der Waals surface area (Å²) in [6.07, 6.45) is 0.530. The summed E-state index contributed by atoms with van der Waals surface area (Å²) in [4.78, 5) is 13.3. The molecule has 0 spiro atoms. The molecule has 156 valence electrons. The summed E-state index contributed by atoms with van der Waals surface area (Å²) in [7, 11) is 5.75. The van der Waals surface area contributed by atoms with Crippen LogP contribution in [0.1, 0.15) is 29.8 Å². The van der Waals surface area contributed by atoms with Gasteiger partial charge in [0.05, 0.1) is 28.4 Å². The lowest BCUT2D eigenvalue weighted by atomic mass is 9.77. The van der Waals surface area contributed by atoms with Gasteiger partial charge in [0.2, 0.25) is 11.5 Å². The minimum Gasteiger partial charge on any atom is -0.504 e. The number of ether oxygens (including phenoxy) is 4. The maximum absolute atomic E-state index is 13.3. The standard InChI is InChI=1S/C22H26O7/c1-10-7-12-8-14(23)19(26-3)21(28-5)16(12)17-13(18(25)11(10)2)9-15(24)20(27-4)22(17)29-6/h8-11,23-24H,7H2,1-6H3/t10-,11-/m0/s1. The van der Waals surface area contributed by atoms with Gasteiger partial charge >= 0.3 is 0 Å². The molecule has 0 fully saturated rings. The third-order valence-corrected chi connectivity index (χ3v) is 5.66. The Labute approximate surface area is 169 Å². The molecule has 0 heterocycles. The number of phenols is 2. The Morgan fingerprint density at radius 1 is 0.793 bits per heavy atom. The fourth-order valence-corrected chi connectivity index (χ4v) is 3.99. The van der Waals surface area contributed by atoms with E-state index in [0.29, 0.717) is 23.1 Å². The summed E-state index contributed by atoms with van der Waals surface area (Å²) in [5.41, 5.74) is 2.08. The molecule has 2 N–H and O–H groups in total. The van der Waals surface area contributed by atoms with Crippen molar-refractivity contribution in [1.29, 1.82) is 0 Å². The van der Waals surface area contributed by atoms with Gasteiger partial charge in [0.25, 0.3) is 0 Å². The van der Waals surface area contributed by atoms with Crippen LogP contribution in [-0.2, 0) is 6.42 Å². The van der Waals surface area contributed by atoms with Gasteiger partial charge in [0.1, 0.15) is 0 Å². The van der Waals surface area contributed by atoms with Gasteiger partial charge in [-0.25, -0.2) is 0 Å². The molecule has 0 aliphatic heterocycles. The maximum Gasteiger partial charge on any atom is 0.203 e. The Balaban J connectivity index is 2.56. The van der Waals surface area contributed by atoms with Crippen LogP contribution in [0.15, 0.2) is 12.1 Å². The van der Waals surface area contributed by atoms with Crippen LogP contribution in [0.4, 0.5) is 0 Å². The monoisotopic (exact) mass is 402 g/mol. The average molecular weight is 402 g/mol. The Morgan fingerprint density at radius 3 is 1.79 bits per heavy atom. The molecule has 0 radical (unpaired) electrons. The smallest absolute Gasteiger partial charge is 0.203 e. The van der Waals surface area contributed by atoms with Gasteiger partial charge in [-0.15, -0.1) is 0 Å². The molecule has 0 amide bonds. The van der Waals surface area contributed by atoms with Gasteiger partial charge in [-0.05, 0) is 30.0 Å². The third kappa shape index (κ3) is 3.10. The van der Waals surface area contributed by atoms with Crippen molar-refractivity contribution in [2.24, 2.45) is 11.8 Å². The fourth-order valence-electron chi connectivity index (χ4n) is 3.99. The molecule has 1 aliphatic carbocycles. The minimum atomic E-state index is -0.311. The van der Waals surface area contributed by atoms with Crippen molar-refractivity contribution in [1.82, 2.24) is 0 Å². The first-order chi connectivity index (χ1) is 13.8. The van der Waals surface area contributed by atoms with Crippen LogP contribution in [0, 0.1) is 11.8 Å². The van der Waals surface area contributed by atoms with Crippen LogP contribution in [-0.4, -0.2) is 44.4 Å². The molecule has 0 bridgehead atoms. The number of hydrogen-bond donors (Lipinski definition) is 2. The van der Waals surface area contributed by atoms with Gasteiger partial charge < -0.3 is 29.2 Å². The first-order valence-corrected chi connectivity index (χ1v) is 9.29. The fraction of sp³-hybridized carbons (Fsp3) is 0.409. The van der Waals surface area contributed by atoms with Crippen molar-refractivity contribution in [3.63, 3.8) is 0 Å². The number of methoxy groups -OCH3 is 4. The molecular weight excluding hydrogens is 376 g/mol. The van der Waals surface area contributed by atoms with Gasteiger partial charge in [-0.2, -0.15) is 0 Å². The van der Waals surface area contributed by atoms with E-state index in [1.807, 2.05) is 13.8 Å². The lowest BCUT2D eigenvalue weighted by Gasteiger charge is -2.29. The number of aromatic hydroxyl groups is 2. The SMILES string of the molecule is COc1c(O)cc2c(c1OC)-c1c(cc(O)c(OC)c1OC)C(=O)[C@@H](C)[C@@H](C)C2. The number of phenolic OH excluding ortho intramolecular Hbond substituents is 2. The number of carbonyl (C=O) groups excluding carboxylic acids is 1. The highest BCUT2D eigenvalue weighted by atomic mass is 16.5. The zero-order valence-corrected chi connectivity index (χ0v) is 17.5. The van der Waals surface area contributed by atoms with E-state index < -0.39 is 0 Å². The number of benzene rings is 2. The zero-order valence-electron chi connectivity index (χ0n) is 17.5. The largest absolute Gasteiger partial charge is 0.504 e. The quantitative estimate of drug-likeness (QED) is 0.803. The molecule has 0 saturated carbocycles. The highest BCUT2D eigenvalue weighted by Gasteiger charge is 2.36. The van der Waals surface area contributed by atoms with E-state index in [2.05, 4.69) is 0 Å². The normalized spacial score (nSPS) is 18.2. The molecule has 2 aromatic carbocycles. The number of Topliss-reactive ketones (excluding diaryl/α,β-unsaturated/α-hetero) is 1. The second-order valence-electron chi connectivity index (χ2n) is 7.22. The van der Waals surface area contributed by atoms with Gasteiger partial charge in [-0.3, -0.25) is 4.79 Å². The third-order valence-electron chi connectivity index (χ3n) is 5.66. The van der Waals surface area contributed by atoms with E-state index in [1.54, 1.807) is 6.07 Å². The molecule has 7 nitrogen and oxygen atoms in total. The van der Waals surface area contributed by atoms with Gasteiger partial charge in [0.15, 0.2) is 28.8 Å². The lowest BCUT2D eigenvalue weighted by molar-refractivity contribution is 0.0892. The molecule has 0 unspecified atom stereocenters. The van der Waals surface area contributed by atoms with Gasteiger partial charge in [0, 0.05) is 22.6 Å². The molecular formula is C22H26O7. The number of carbonyl (C=O) groups is 1. The highest BCUT2D eigenvalue weighted by Crippen LogP contribution is 2.55. The van der Waals surface area contributed by atoms with Crippen LogP contribution in [0.25, 0.3) is 11.1 Å². The van der Waals surface area contributed by atoms with Crippen molar-refractivity contribution in [3.8, 4) is 45.6 Å². The first kappa shape index (κ1) is 20.6. The van der Waals surface area contributed by atoms with Crippen LogP contribution < -0.4 is 18.9 Å². The second kappa shape index (κ2) is 7.73. The summed E-state index contributed by atoms with van der Waals surface area (Å²) in [5.74, 6) is 0.0687. The summed E-state index contributed by atoms with van der Waals surface area (Å²) >= 11 is 0. The predicted octanol–water partition coefficient (Wildman–Crippen LogP) is 3.81. The number of fused-ring (bicyclic) bond motifs is 3. The summed E-state index contributed by atoms with van der Waals surface area (Å²) in [5, 5.41) is 21.0. The molecule has 1 aliphatic rings. The molecule has 0 saturated heterocycles. The lowest BCUT2D eigenvalue weighted by Crippen LogP contribution is -2.24. The van der Waals surface area contributed by atoms with E-state index in [-0.39, 0.29) is 52.1 Å². The van der Waals surface area contributed by atoms with E-state index >= 15 is 0 Å². The summed E-state index contributed by atoms with van der Waals surface area (Å²) < 4.78 is 21.9. The molecule has 3 rings (SSSR count). The minimum absolute atomic E-state index is 0.0119. The zero-order chi connectivity index (χ0) is 21.5. The van der Waals surface area contributed by atoms with Crippen molar-refractivity contribution in [3.05, 3.63) is 23.3 Å². The van der Waals surface area contributed by atoms with E-state index in [9.17, 15) is 15.0 Å². The summed E-state index contributed by atoms with van der Waals surface area (Å²) in [6.45, 7) is 3.84. The Bertz CT molecular complexity index is 965. The molecule has 2 aromatic rings. The van der Waals surface area contributed by atoms with Crippen molar-refractivity contribution >= 4 is 5.78 Å². The van der Waals surface area contributed by atoms with Crippen LogP contribution in [0.2, 0.25) is 0 Å². The van der Waals surface area contributed by atoms with Crippen LogP contribution in [0.3, 0.4) is 0 Å². The van der Waals surface area contributed by atoms with E-state index in [1.165, 1.54) is 34.5 Å². The van der Waals surface area contributed by atoms with Crippen molar-refractivity contribution < 1.29 is 34.0 Å². The topological polar surface area (TPSA) is 94.5 Å². The number of ketones is 1. The Kier molecular flexibility index (Phi) is 5.50. The number of hydrogen-bond acceptors (Lipinski definition) is 7. The summed E-state index contributed by atoms with van der Waals surface area (Å²) in [6, 6.07) is 3.02. The molecule has 2 atom stereocenters. The highest BCUT2D eigenvalue weighted by molar-refractivity contribution is 6.08. The Morgan fingerprint density at radius 2 is 1.28 bits per heavy atom. The Hall–Kier alpha value is -3.09. The van der Waals surface area contributed by atoms with Gasteiger partial charge in [-0.1, -0.05) is 13.8 Å². The second-order valence-corrected chi connectivity index (χ2v) is 7.22. The van der Waals surface area contributed by atoms with Crippen molar-refractivity contribution in [2.75, 3.05) is 28.4 Å². The molecule has 29 heavy (non-hydrogen) atoms. The number of rotatable bonds is 4. The molecule has 7 heteroatoms. The van der Waals surface area contributed by atoms with Crippen LogP contribution in [0.5, 0.6) is 34.5 Å². The first-order valence-electron chi connectivity index (χ1n) is 9.29. The van der Waals surface area contributed by atoms with E-state index in [4.69, 9.17) is 18.9 Å². The maximum atomic E-state index is 13.3. The van der Waals surface area contributed by atoms with Crippen LogP contribution >= 0.6 is 0 Å². The van der Waals surface area contributed by atoms with Crippen molar-refractivity contribution in [2.45, 2.75) is 20.3 Å². The predicted molar refractivity (Wildman–Crippen MR) is 108 cm³/mol.